The minimum absolute atomic E-state index is 0.314. The Morgan fingerprint density at radius 2 is 2.09 bits per heavy atom. The van der Waals surface area contributed by atoms with Crippen molar-refractivity contribution in [2.24, 2.45) is 0 Å². The van der Waals surface area contributed by atoms with Crippen molar-refractivity contribution in [1.82, 2.24) is 4.90 Å². The minimum atomic E-state index is -0.766. The van der Waals surface area contributed by atoms with E-state index in [4.69, 9.17) is 35.4 Å². The molecule has 8 heteroatoms. The minimum Gasteiger partial charge on any atom is -0.467 e. The Hall–Kier alpha value is -1.08. The van der Waals surface area contributed by atoms with Crippen LogP contribution in [0.15, 0.2) is 23.1 Å². The molecule has 0 spiro atoms. The SMILES string of the molecule is COC(=O)[C@H](C)N1C(=O)/C(=C/c2ccc(Cl)c(Cl)c2)SC1=S. The van der Waals surface area contributed by atoms with Gasteiger partial charge in [-0.2, -0.15) is 0 Å². The van der Waals surface area contributed by atoms with Crippen LogP contribution in [0.5, 0.6) is 0 Å². The van der Waals surface area contributed by atoms with Crippen LogP contribution in [0.1, 0.15) is 12.5 Å². The van der Waals surface area contributed by atoms with Gasteiger partial charge in [0.15, 0.2) is 0 Å². The second-order valence-electron chi connectivity index (χ2n) is 4.42. The normalized spacial score (nSPS) is 18.0. The smallest absolute Gasteiger partial charge is 0.328 e. The molecule has 2 rings (SSSR count). The second-order valence-corrected chi connectivity index (χ2v) is 6.91. The van der Waals surface area contributed by atoms with Crippen molar-refractivity contribution < 1.29 is 14.3 Å². The van der Waals surface area contributed by atoms with Gasteiger partial charge in [0.05, 0.1) is 22.1 Å². The third-order valence-corrected chi connectivity index (χ3v) is 5.06. The molecule has 1 aromatic rings. The van der Waals surface area contributed by atoms with Crippen LogP contribution in [0.2, 0.25) is 10.0 Å². The van der Waals surface area contributed by atoms with Crippen LogP contribution in [-0.4, -0.2) is 34.2 Å². The maximum absolute atomic E-state index is 12.4. The van der Waals surface area contributed by atoms with Gasteiger partial charge >= 0.3 is 5.97 Å². The van der Waals surface area contributed by atoms with Crippen LogP contribution in [0.3, 0.4) is 0 Å². The summed E-state index contributed by atoms with van der Waals surface area (Å²) in [6.07, 6.45) is 1.66. The fraction of sp³-hybridized carbons (Fsp3) is 0.214. The molecule has 1 aromatic carbocycles. The number of carbonyl (C=O) groups is 2. The third-order valence-electron chi connectivity index (χ3n) is 2.99. The predicted octanol–water partition coefficient (Wildman–Crippen LogP) is 3.76. The number of amides is 1. The summed E-state index contributed by atoms with van der Waals surface area (Å²) >= 11 is 18.1. The molecule has 116 valence electrons. The number of halogens is 2. The van der Waals surface area contributed by atoms with E-state index in [1.165, 1.54) is 12.0 Å². The number of thioether (sulfide) groups is 1. The Bertz CT molecular complexity index is 691. The number of ether oxygens (including phenoxy) is 1. The molecule has 1 saturated heterocycles. The summed E-state index contributed by atoms with van der Waals surface area (Å²) in [6.45, 7) is 1.57. The van der Waals surface area contributed by atoms with E-state index in [1.807, 2.05) is 0 Å². The molecule has 0 unspecified atom stereocenters. The van der Waals surface area contributed by atoms with Gasteiger partial charge in [-0.15, -0.1) is 0 Å². The Morgan fingerprint density at radius 1 is 1.41 bits per heavy atom. The van der Waals surface area contributed by atoms with E-state index >= 15 is 0 Å². The molecule has 1 atom stereocenters. The highest BCUT2D eigenvalue weighted by Crippen LogP contribution is 2.34. The Morgan fingerprint density at radius 3 is 2.68 bits per heavy atom. The monoisotopic (exact) mass is 375 g/mol. The maximum atomic E-state index is 12.4. The van der Waals surface area contributed by atoms with E-state index in [1.54, 1.807) is 31.2 Å². The first-order valence-corrected chi connectivity index (χ1v) is 8.13. The molecule has 0 aliphatic carbocycles. The Balaban J connectivity index is 2.29. The van der Waals surface area contributed by atoms with Crippen molar-refractivity contribution >= 4 is 69.5 Å². The van der Waals surface area contributed by atoms with Crippen molar-refractivity contribution in [3.8, 4) is 0 Å². The lowest BCUT2D eigenvalue weighted by Crippen LogP contribution is -2.42. The molecule has 0 saturated carbocycles. The maximum Gasteiger partial charge on any atom is 0.328 e. The molecule has 0 N–H and O–H groups in total. The lowest BCUT2D eigenvalue weighted by molar-refractivity contribution is -0.147. The molecule has 22 heavy (non-hydrogen) atoms. The van der Waals surface area contributed by atoms with Crippen LogP contribution in [0.4, 0.5) is 0 Å². The summed E-state index contributed by atoms with van der Waals surface area (Å²) in [5.41, 5.74) is 0.723. The van der Waals surface area contributed by atoms with Crippen molar-refractivity contribution in [3.05, 3.63) is 38.7 Å². The van der Waals surface area contributed by atoms with Gasteiger partial charge in [0, 0.05) is 0 Å². The van der Waals surface area contributed by atoms with Gasteiger partial charge in [0.1, 0.15) is 10.4 Å². The van der Waals surface area contributed by atoms with Gasteiger partial charge < -0.3 is 4.74 Å². The molecule has 1 amide bonds. The number of benzene rings is 1. The number of carbonyl (C=O) groups excluding carboxylic acids is 2. The topological polar surface area (TPSA) is 46.6 Å². The molecule has 1 aliphatic heterocycles. The van der Waals surface area contributed by atoms with Gasteiger partial charge in [-0.1, -0.05) is 53.2 Å². The largest absolute Gasteiger partial charge is 0.467 e. The average Bonchev–Trinajstić information content (AvgIpc) is 2.75. The standard InChI is InChI=1S/C14H11Cl2NO3S2/c1-7(13(19)20-2)17-12(18)11(22-14(17)21)6-8-3-4-9(15)10(16)5-8/h3-7H,1-2H3/b11-6-/t7-/m0/s1. The van der Waals surface area contributed by atoms with E-state index in [2.05, 4.69) is 4.74 Å². The zero-order valence-electron chi connectivity index (χ0n) is 11.6. The summed E-state index contributed by atoms with van der Waals surface area (Å²) in [7, 11) is 1.27. The highest BCUT2D eigenvalue weighted by molar-refractivity contribution is 8.26. The van der Waals surface area contributed by atoms with E-state index in [-0.39, 0.29) is 5.91 Å². The third kappa shape index (κ3) is 3.46. The lowest BCUT2D eigenvalue weighted by atomic mass is 10.2. The van der Waals surface area contributed by atoms with Crippen LogP contribution in [0.25, 0.3) is 6.08 Å². The van der Waals surface area contributed by atoms with Crippen LogP contribution in [-0.2, 0) is 14.3 Å². The van der Waals surface area contributed by atoms with Crippen LogP contribution < -0.4 is 0 Å². The number of hydrogen-bond donors (Lipinski definition) is 0. The molecule has 0 radical (unpaired) electrons. The van der Waals surface area contributed by atoms with Crippen LogP contribution in [0, 0.1) is 0 Å². The first kappa shape index (κ1) is 17.3. The highest BCUT2D eigenvalue weighted by Gasteiger charge is 2.38. The molecule has 0 bridgehead atoms. The molecule has 4 nitrogen and oxygen atoms in total. The number of nitrogens with zero attached hydrogens (tertiary/aromatic N) is 1. The first-order valence-electron chi connectivity index (χ1n) is 6.15. The molecule has 1 fully saturated rings. The Labute approximate surface area is 147 Å². The number of rotatable bonds is 3. The Kier molecular flexibility index (Phi) is 5.50. The van der Waals surface area contributed by atoms with E-state index in [0.29, 0.717) is 19.3 Å². The van der Waals surface area contributed by atoms with Crippen molar-refractivity contribution in [1.29, 1.82) is 0 Å². The summed E-state index contributed by atoms with van der Waals surface area (Å²) in [5.74, 6) is -0.856. The average molecular weight is 376 g/mol. The van der Waals surface area contributed by atoms with Gasteiger partial charge in [0.25, 0.3) is 5.91 Å². The summed E-state index contributed by atoms with van der Waals surface area (Å²) in [5, 5.41) is 0.833. The molecular formula is C14H11Cl2NO3S2. The second kappa shape index (κ2) is 7.00. The molecular weight excluding hydrogens is 365 g/mol. The number of esters is 1. The van der Waals surface area contributed by atoms with Gasteiger partial charge in [-0.25, -0.2) is 4.79 Å². The predicted molar refractivity (Wildman–Crippen MR) is 93.0 cm³/mol. The number of methoxy groups -OCH3 is 1. The number of thiocarbonyl (C=S) groups is 1. The zero-order valence-corrected chi connectivity index (χ0v) is 14.8. The highest BCUT2D eigenvalue weighted by atomic mass is 35.5. The summed E-state index contributed by atoms with van der Waals surface area (Å²) in [4.78, 5) is 25.7. The number of hydrogen-bond acceptors (Lipinski definition) is 5. The van der Waals surface area contributed by atoms with E-state index in [0.717, 1.165) is 17.3 Å². The van der Waals surface area contributed by atoms with E-state index < -0.39 is 12.0 Å². The van der Waals surface area contributed by atoms with Gasteiger partial charge in [-0.05, 0) is 30.7 Å². The van der Waals surface area contributed by atoms with E-state index in [9.17, 15) is 9.59 Å². The van der Waals surface area contributed by atoms with Crippen molar-refractivity contribution in [3.63, 3.8) is 0 Å². The van der Waals surface area contributed by atoms with Crippen LogP contribution >= 0.6 is 47.2 Å². The van der Waals surface area contributed by atoms with Crippen molar-refractivity contribution in [2.45, 2.75) is 13.0 Å². The first-order chi connectivity index (χ1) is 10.3. The molecule has 0 aromatic heterocycles. The van der Waals surface area contributed by atoms with Gasteiger partial charge in [-0.3, -0.25) is 9.69 Å². The fourth-order valence-corrected chi connectivity index (χ4v) is 3.57. The summed E-state index contributed by atoms with van der Waals surface area (Å²) < 4.78 is 4.96. The molecule has 1 heterocycles. The zero-order chi connectivity index (χ0) is 16.4. The summed E-state index contributed by atoms with van der Waals surface area (Å²) in [6, 6.07) is 4.27. The van der Waals surface area contributed by atoms with Crippen molar-refractivity contribution in [2.75, 3.05) is 7.11 Å². The quantitative estimate of drug-likeness (QED) is 0.457. The molecule has 1 aliphatic rings. The fourth-order valence-electron chi connectivity index (χ4n) is 1.84. The van der Waals surface area contributed by atoms with Gasteiger partial charge in [0.2, 0.25) is 0 Å². The lowest BCUT2D eigenvalue weighted by Gasteiger charge is -2.20.